The van der Waals surface area contributed by atoms with Crippen molar-refractivity contribution in [3.63, 3.8) is 0 Å². The third kappa shape index (κ3) is 6.48. The second-order valence-corrected chi connectivity index (χ2v) is 8.94. The van der Waals surface area contributed by atoms with Crippen LogP contribution in [0.1, 0.15) is 48.6 Å². The van der Waals surface area contributed by atoms with Crippen LogP contribution in [0.25, 0.3) is 0 Å². The Kier molecular flexibility index (Phi) is 6.94. The Morgan fingerprint density at radius 3 is 2.10 bits per heavy atom. The average molecular weight is 401 g/mol. The van der Waals surface area contributed by atoms with Crippen LogP contribution in [-0.2, 0) is 29.7 Å². The first-order valence-electron chi connectivity index (χ1n) is 10.5. The second-order valence-electron chi connectivity index (χ2n) is 8.94. The molecular formula is C27H32N2O. The number of benzene rings is 3. The van der Waals surface area contributed by atoms with E-state index in [1.54, 1.807) is 0 Å². The molecule has 2 N–H and O–H groups in total. The summed E-state index contributed by atoms with van der Waals surface area (Å²) >= 11 is 0. The molecule has 0 saturated carbocycles. The van der Waals surface area contributed by atoms with Gasteiger partial charge in [0.1, 0.15) is 0 Å². The summed E-state index contributed by atoms with van der Waals surface area (Å²) in [5, 5.41) is 6.45. The Bertz CT molecular complexity index is 967. The van der Waals surface area contributed by atoms with E-state index in [9.17, 15) is 4.79 Å². The van der Waals surface area contributed by atoms with Crippen LogP contribution in [0, 0.1) is 6.92 Å². The van der Waals surface area contributed by atoms with E-state index in [-0.39, 0.29) is 11.3 Å². The summed E-state index contributed by atoms with van der Waals surface area (Å²) in [4.78, 5) is 12.2. The van der Waals surface area contributed by atoms with Gasteiger partial charge in [0.15, 0.2) is 0 Å². The molecule has 156 valence electrons. The maximum atomic E-state index is 12.2. The quantitative estimate of drug-likeness (QED) is 0.529. The van der Waals surface area contributed by atoms with Gasteiger partial charge in [-0.3, -0.25) is 4.79 Å². The topological polar surface area (TPSA) is 41.1 Å². The van der Waals surface area contributed by atoms with E-state index < -0.39 is 0 Å². The number of hydrogen-bond acceptors (Lipinski definition) is 2. The highest BCUT2D eigenvalue weighted by molar-refractivity contribution is 5.78. The number of hydrogen-bond donors (Lipinski definition) is 2. The van der Waals surface area contributed by atoms with Crippen molar-refractivity contribution >= 4 is 11.6 Å². The Balaban J connectivity index is 1.47. The summed E-state index contributed by atoms with van der Waals surface area (Å²) in [5.41, 5.74) is 7.16. The van der Waals surface area contributed by atoms with E-state index in [1.165, 1.54) is 16.7 Å². The van der Waals surface area contributed by atoms with Crippen LogP contribution in [0.3, 0.4) is 0 Å². The van der Waals surface area contributed by atoms with E-state index in [0.717, 1.165) is 23.4 Å². The zero-order chi connectivity index (χ0) is 21.6. The van der Waals surface area contributed by atoms with Crippen molar-refractivity contribution in [2.45, 2.75) is 52.6 Å². The predicted molar refractivity (Wildman–Crippen MR) is 126 cm³/mol. The number of amides is 1. The van der Waals surface area contributed by atoms with E-state index in [2.05, 4.69) is 74.7 Å². The summed E-state index contributed by atoms with van der Waals surface area (Å²) in [6.07, 6.45) is 0.389. The number of carbonyl (C=O) groups excluding carboxylic acids is 1. The molecule has 0 atom stereocenters. The minimum absolute atomic E-state index is 0.0381. The molecule has 0 fully saturated rings. The molecule has 0 spiro atoms. The SMILES string of the molecule is Cc1cccc(CNC(=O)Cc2ccc(NCc3ccc(C(C)(C)C)cc3)cc2)c1. The summed E-state index contributed by atoms with van der Waals surface area (Å²) < 4.78 is 0. The van der Waals surface area contributed by atoms with Crippen molar-refractivity contribution in [2.75, 3.05) is 5.32 Å². The number of anilines is 1. The van der Waals surface area contributed by atoms with Gasteiger partial charge in [-0.2, -0.15) is 0 Å². The molecule has 3 heteroatoms. The number of nitrogens with one attached hydrogen (secondary N) is 2. The number of aryl methyl sites for hydroxylation is 1. The summed E-state index contributed by atoms with van der Waals surface area (Å²) in [7, 11) is 0. The van der Waals surface area contributed by atoms with Crippen LogP contribution in [0.15, 0.2) is 72.8 Å². The van der Waals surface area contributed by atoms with Crippen LogP contribution < -0.4 is 10.6 Å². The molecule has 3 rings (SSSR count). The molecule has 1 amide bonds. The molecule has 0 unspecified atom stereocenters. The Labute approximate surface area is 180 Å². The lowest BCUT2D eigenvalue weighted by molar-refractivity contribution is -0.120. The molecule has 0 aliphatic heterocycles. The fraction of sp³-hybridized carbons (Fsp3) is 0.296. The van der Waals surface area contributed by atoms with Gasteiger partial charge in [-0.05, 0) is 46.7 Å². The minimum Gasteiger partial charge on any atom is -0.381 e. The van der Waals surface area contributed by atoms with Crippen LogP contribution >= 0.6 is 0 Å². The molecule has 3 aromatic rings. The van der Waals surface area contributed by atoms with Gasteiger partial charge in [-0.1, -0.05) is 87.0 Å². The molecule has 0 bridgehead atoms. The number of carbonyl (C=O) groups is 1. The first-order valence-corrected chi connectivity index (χ1v) is 10.5. The molecule has 3 aromatic carbocycles. The summed E-state index contributed by atoms with van der Waals surface area (Å²) in [6.45, 7) is 10.1. The van der Waals surface area contributed by atoms with E-state index in [1.807, 2.05) is 36.4 Å². The van der Waals surface area contributed by atoms with Gasteiger partial charge in [-0.15, -0.1) is 0 Å². The monoisotopic (exact) mass is 400 g/mol. The normalized spacial score (nSPS) is 11.2. The Hall–Kier alpha value is -3.07. The van der Waals surface area contributed by atoms with Crippen molar-refractivity contribution in [1.29, 1.82) is 0 Å². The highest BCUT2D eigenvalue weighted by Crippen LogP contribution is 2.22. The van der Waals surface area contributed by atoms with E-state index in [4.69, 9.17) is 0 Å². The molecule has 0 aromatic heterocycles. The van der Waals surface area contributed by atoms with E-state index in [0.29, 0.717) is 13.0 Å². The summed E-state index contributed by atoms with van der Waals surface area (Å²) in [6, 6.07) is 25.1. The molecular weight excluding hydrogens is 368 g/mol. The maximum absolute atomic E-state index is 12.2. The lowest BCUT2D eigenvalue weighted by atomic mass is 9.87. The largest absolute Gasteiger partial charge is 0.381 e. The van der Waals surface area contributed by atoms with Gasteiger partial charge < -0.3 is 10.6 Å². The van der Waals surface area contributed by atoms with Gasteiger partial charge in [0, 0.05) is 18.8 Å². The third-order valence-corrected chi connectivity index (χ3v) is 5.21. The standard InChI is InChI=1S/C27H32N2O/c1-20-6-5-7-23(16-20)19-29-26(30)17-21-10-14-25(15-11-21)28-18-22-8-12-24(13-9-22)27(2,3)4/h5-16,28H,17-19H2,1-4H3,(H,29,30). The van der Waals surface area contributed by atoms with Crippen molar-refractivity contribution in [2.24, 2.45) is 0 Å². The number of rotatable bonds is 7. The van der Waals surface area contributed by atoms with Crippen LogP contribution in [0.5, 0.6) is 0 Å². The highest BCUT2D eigenvalue weighted by atomic mass is 16.1. The smallest absolute Gasteiger partial charge is 0.224 e. The Morgan fingerprint density at radius 2 is 1.47 bits per heavy atom. The molecule has 0 aliphatic rings. The Morgan fingerprint density at radius 1 is 0.800 bits per heavy atom. The van der Waals surface area contributed by atoms with Crippen LogP contribution in [0.4, 0.5) is 5.69 Å². The molecule has 0 saturated heterocycles. The maximum Gasteiger partial charge on any atom is 0.224 e. The molecule has 0 radical (unpaired) electrons. The average Bonchev–Trinajstić information content (AvgIpc) is 2.71. The summed E-state index contributed by atoms with van der Waals surface area (Å²) in [5.74, 6) is 0.0381. The van der Waals surface area contributed by atoms with Gasteiger partial charge in [0.05, 0.1) is 6.42 Å². The van der Waals surface area contributed by atoms with Crippen LogP contribution in [0.2, 0.25) is 0 Å². The second kappa shape index (κ2) is 9.62. The van der Waals surface area contributed by atoms with E-state index >= 15 is 0 Å². The highest BCUT2D eigenvalue weighted by Gasteiger charge is 2.12. The van der Waals surface area contributed by atoms with Gasteiger partial charge in [0.25, 0.3) is 0 Å². The van der Waals surface area contributed by atoms with Gasteiger partial charge in [-0.25, -0.2) is 0 Å². The van der Waals surface area contributed by atoms with Crippen LogP contribution in [-0.4, -0.2) is 5.91 Å². The van der Waals surface area contributed by atoms with Gasteiger partial charge in [0.2, 0.25) is 5.91 Å². The van der Waals surface area contributed by atoms with Crippen molar-refractivity contribution in [3.05, 3.63) is 101 Å². The molecule has 0 heterocycles. The third-order valence-electron chi connectivity index (χ3n) is 5.21. The van der Waals surface area contributed by atoms with Gasteiger partial charge >= 0.3 is 0 Å². The molecule has 3 nitrogen and oxygen atoms in total. The molecule has 30 heavy (non-hydrogen) atoms. The minimum atomic E-state index is 0.0381. The first kappa shape index (κ1) is 21.6. The molecule has 0 aliphatic carbocycles. The van der Waals surface area contributed by atoms with Crippen molar-refractivity contribution in [1.82, 2.24) is 5.32 Å². The fourth-order valence-corrected chi connectivity index (χ4v) is 3.34. The fourth-order valence-electron chi connectivity index (χ4n) is 3.34. The van der Waals surface area contributed by atoms with Crippen molar-refractivity contribution in [3.8, 4) is 0 Å². The predicted octanol–water partition coefficient (Wildman–Crippen LogP) is 5.76. The first-order chi connectivity index (χ1) is 14.3. The zero-order valence-electron chi connectivity index (χ0n) is 18.5. The lowest BCUT2D eigenvalue weighted by Gasteiger charge is -2.19. The zero-order valence-corrected chi connectivity index (χ0v) is 18.5. The lowest BCUT2D eigenvalue weighted by Crippen LogP contribution is -2.24. The van der Waals surface area contributed by atoms with Crippen molar-refractivity contribution < 1.29 is 4.79 Å².